The lowest BCUT2D eigenvalue weighted by Gasteiger charge is -2.12. The molecule has 1 aromatic carbocycles. The molecular formula is C15H10N4. The fourth-order valence-electron chi connectivity index (χ4n) is 2.18. The van der Waals surface area contributed by atoms with Crippen LogP contribution in [0.15, 0.2) is 41.5 Å². The summed E-state index contributed by atoms with van der Waals surface area (Å²) in [7, 11) is 0. The second kappa shape index (κ2) is 4.85. The van der Waals surface area contributed by atoms with Crippen molar-refractivity contribution < 1.29 is 0 Å². The Labute approximate surface area is 110 Å². The summed E-state index contributed by atoms with van der Waals surface area (Å²) in [5.41, 5.74) is 12.5. The van der Waals surface area contributed by atoms with Gasteiger partial charge in [0.2, 0.25) is 0 Å². The molecule has 1 heterocycles. The van der Waals surface area contributed by atoms with Gasteiger partial charge in [-0.05, 0) is 34.8 Å². The summed E-state index contributed by atoms with van der Waals surface area (Å²) in [6.45, 7) is 0. The molecule has 3 rings (SSSR count). The van der Waals surface area contributed by atoms with Gasteiger partial charge in [0.15, 0.2) is 0 Å². The molecule has 0 aliphatic heterocycles. The molecule has 0 atom stereocenters. The minimum Gasteiger partial charge on any atom is -0.245 e. The summed E-state index contributed by atoms with van der Waals surface area (Å²) in [4.78, 5) is 7.20. The van der Waals surface area contributed by atoms with Gasteiger partial charge >= 0.3 is 0 Å². The zero-order chi connectivity index (χ0) is 13.1. The molecule has 2 aromatic rings. The Balaban J connectivity index is 2.28. The molecule has 0 unspecified atom stereocenters. The maximum absolute atomic E-state index is 8.51. The van der Waals surface area contributed by atoms with Crippen molar-refractivity contribution in [3.8, 4) is 23.1 Å². The van der Waals surface area contributed by atoms with E-state index >= 15 is 0 Å². The van der Waals surface area contributed by atoms with Crippen molar-refractivity contribution in [1.29, 1.82) is 0 Å². The Morgan fingerprint density at radius 3 is 3.00 bits per heavy atom. The second-order valence-corrected chi connectivity index (χ2v) is 4.21. The van der Waals surface area contributed by atoms with Gasteiger partial charge in [-0.15, -0.1) is 0 Å². The first-order valence-electron chi connectivity index (χ1n) is 6.02. The summed E-state index contributed by atoms with van der Waals surface area (Å²) >= 11 is 0. The van der Waals surface area contributed by atoms with Crippen LogP contribution in [0.5, 0.6) is 0 Å². The molecule has 19 heavy (non-hydrogen) atoms. The maximum Gasteiger partial charge on any atom is 0.127 e. The number of nitrogens with zero attached hydrogens (tertiary/aromatic N) is 4. The van der Waals surface area contributed by atoms with Gasteiger partial charge in [0.05, 0.1) is 11.3 Å². The third kappa shape index (κ3) is 2.15. The van der Waals surface area contributed by atoms with E-state index in [1.807, 2.05) is 24.3 Å². The van der Waals surface area contributed by atoms with Crippen LogP contribution in [0.2, 0.25) is 0 Å². The van der Waals surface area contributed by atoms with Gasteiger partial charge in [0, 0.05) is 16.9 Å². The molecule has 0 saturated heterocycles. The van der Waals surface area contributed by atoms with E-state index in [9.17, 15) is 0 Å². The first kappa shape index (κ1) is 11.3. The lowest BCUT2D eigenvalue weighted by Crippen LogP contribution is -1.97. The van der Waals surface area contributed by atoms with Gasteiger partial charge in [-0.3, -0.25) is 0 Å². The molecule has 0 spiro atoms. The van der Waals surface area contributed by atoms with Crippen LogP contribution in [0.1, 0.15) is 17.5 Å². The molecule has 0 bridgehead atoms. The highest BCUT2D eigenvalue weighted by Crippen LogP contribution is 2.29. The average molecular weight is 246 g/mol. The van der Waals surface area contributed by atoms with Crippen molar-refractivity contribution in [1.82, 2.24) is 4.98 Å². The Kier molecular flexibility index (Phi) is 2.89. The Hall–Kier alpha value is -2.76. The van der Waals surface area contributed by atoms with Crippen LogP contribution in [-0.4, -0.2) is 4.98 Å². The number of hydrogen-bond acceptors (Lipinski definition) is 2. The zero-order valence-electron chi connectivity index (χ0n) is 10.2. The summed E-state index contributed by atoms with van der Waals surface area (Å²) in [5.74, 6) is 6.64. The van der Waals surface area contributed by atoms with Crippen molar-refractivity contribution in [2.75, 3.05) is 0 Å². The number of azide groups is 1. The number of aromatic nitrogens is 1. The molecule has 0 amide bonds. The fraction of sp³-hybridized carbons (Fsp3) is 0.133. The van der Waals surface area contributed by atoms with Crippen molar-refractivity contribution in [3.05, 3.63) is 58.0 Å². The third-order valence-corrected chi connectivity index (χ3v) is 3.04. The summed E-state index contributed by atoms with van der Waals surface area (Å²) in [5, 5.41) is 3.56. The van der Waals surface area contributed by atoms with E-state index in [0.29, 0.717) is 5.82 Å². The standard InChI is InChI=1S/C15H10N4/c16-19-18-14-10-9-12-7-2-1-5-11-6-3-4-8-13(11)15(12)17-14/h3-4,6,8-10H,1,5H2. The van der Waals surface area contributed by atoms with Gasteiger partial charge in [-0.2, -0.15) is 0 Å². The molecule has 0 fully saturated rings. The Bertz CT molecular complexity index is 746. The first-order valence-corrected chi connectivity index (χ1v) is 6.02. The minimum absolute atomic E-state index is 0.374. The predicted octanol–water partition coefficient (Wildman–Crippen LogP) is 3.99. The van der Waals surface area contributed by atoms with E-state index < -0.39 is 0 Å². The van der Waals surface area contributed by atoms with Crippen molar-refractivity contribution in [3.63, 3.8) is 0 Å². The number of pyridine rings is 1. The lowest BCUT2D eigenvalue weighted by atomic mass is 9.95. The van der Waals surface area contributed by atoms with E-state index in [4.69, 9.17) is 5.53 Å². The predicted molar refractivity (Wildman–Crippen MR) is 73.7 cm³/mol. The summed E-state index contributed by atoms with van der Waals surface area (Å²) < 4.78 is 0. The van der Waals surface area contributed by atoms with E-state index in [1.165, 1.54) is 5.56 Å². The Morgan fingerprint density at radius 2 is 2.11 bits per heavy atom. The molecule has 0 saturated carbocycles. The topological polar surface area (TPSA) is 61.7 Å². The molecule has 4 nitrogen and oxygen atoms in total. The van der Waals surface area contributed by atoms with Crippen LogP contribution < -0.4 is 0 Å². The van der Waals surface area contributed by atoms with Crippen molar-refractivity contribution in [2.45, 2.75) is 12.8 Å². The van der Waals surface area contributed by atoms with Gasteiger partial charge in [-0.25, -0.2) is 4.98 Å². The van der Waals surface area contributed by atoms with Crippen LogP contribution in [0.3, 0.4) is 0 Å². The molecule has 1 aromatic heterocycles. The monoisotopic (exact) mass is 246 g/mol. The van der Waals surface area contributed by atoms with E-state index in [2.05, 4.69) is 32.9 Å². The molecule has 0 radical (unpaired) electrons. The highest BCUT2D eigenvalue weighted by molar-refractivity contribution is 5.72. The van der Waals surface area contributed by atoms with Crippen molar-refractivity contribution in [2.24, 2.45) is 5.11 Å². The molecule has 90 valence electrons. The van der Waals surface area contributed by atoms with Crippen LogP contribution in [-0.2, 0) is 6.42 Å². The molecule has 1 aliphatic carbocycles. The lowest BCUT2D eigenvalue weighted by molar-refractivity contribution is 1.02. The van der Waals surface area contributed by atoms with Crippen LogP contribution in [0.25, 0.3) is 21.7 Å². The molecule has 0 N–H and O–H groups in total. The third-order valence-electron chi connectivity index (χ3n) is 3.04. The maximum atomic E-state index is 8.51. The van der Waals surface area contributed by atoms with E-state index in [-0.39, 0.29) is 0 Å². The van der Waals surface area contributed by atoms with Crippen LogP contribution in [0, 0.1) is 11.8 Å². The number of benzene rings is 1. The van der Waals surface area contributed by atoms with Crippen LogP contribution in [0.4, 0.5) is 5.82 Å². The molecular weight excluding hydrogens is 236 g/mol. The summed E-state index contributed by atoms with van der Waals surface area (Å²) in [6, 6.07) is 11.7. The SMILES string of the molecule is [N-]=[N+]=Nc1ccc2c(n1)-c1ccccc1CCC#C2. The number of aryl methyl sites for hydroxylation is 1. The van der Waals surface area contributed by atoms with E-state index in [1.54, 1.807) is 6.07 Å². The van der Waals surface area contributed by atoms with Gasteiger partial charge < -0.3 is 0 Å². The summed E-state index contributed by atoms with van der Waals surface area (Å²) in [6.07, 6.45) is 1.75. The number of hydrogen-bond donors (Lipinski definition) is 0. The van der Waals surface area contributed by atoms with Crippen molar-refractivity contribution >= 4 is 5.82 Å². The first-order chi connectivity index (χ1) is 9.38. The fourth-order valence-corrected chi connectivity index (χ4v) is 2.18. The zero-order valence-corrected chi connectivity index (χ0v) is 10.2. The Morgan fingerprint density at radius 1 is 1.21 bits per heavy atom. The normalized spacial score (nSPS) is 11.8. The average Bonchev–Trinajstić information content (AvgIpc) is 2.43. The smallest absolute Gasteiger partial charge is 0.127 e. The van der Waals surface area contributed by atoms with Gasteiger partial charge in [0.25, 0.3) is 0 Å². The van der Waals surface area contributed by atoms with Crippen LogP contribution >= 0.6 is 0 Å². The van der Waals surface area contributed by atoms with Gasteiger partial charge in [0.1, 0.15) is 5.82 Å². The highest BCUT2D eigenvalue weighted by Gasteiger charge is 2.12. The highest BCUT2D eigenvalue weighted by atomic mass is 15.2. The van der Waals surface area contributed by atoms with Gasteiger partial charge in [-0.1, -0.05) is 36.1 Å². The quantitative estimate of drug-likeness (QED) is 0.325. The van der Waals surface area contributed by atoms with E-state index in [0.717, 1.165) is 29.7 Å². The molecule has 1 aliphatic rings. The minimum atomic E-state index is 0.374. The number of rotatable bonds is 1. The molecule has 4 heteroatoms. The second-order valence-electron chi connectivity index (χ2n) is 4.21. The largest absolute Gasteiger partial charge is 0.245 e. The number of fused-ring (bicyclic) bond motifs is 3.